The first-order valence-electron chi connectivity index (χ1n) is 4.93. The number of hydrogen-bond donors (Lipinski definition) is 0. The van der Waals surface area contributed by atoms with Crippen LogP contribution in [0.4, 0.5) is 0 Å². The van der Waals surface area contributed by atoms with E-state index in [4.69, 9.17) is 0 Å². The molecule has 2 nitrogen and oxygen atoms in total. The monoisotopic (exact) mass is 169 g/mol. The molecule has 1 amide bonds. The van der Waals surface area contributed by atoms with Crippen LogP contribution in [0.3, 0.4) is 0 Å². The molecule has 70 valence electrons. The number of likely N-dealkylation sites (tertiary alicyclic amines) is 1. The van der Waals surface area contributed by atoms with E-state index in [0.29, 0.717) is 17.7 Å². The Morgan fingerprint density at radius 2 is 2.25 bits per heavy atom. The first-order valence-corrected chi connectivity index (χ1v) is 4.93. The number of rotatable bonds is 2. The number of hydrogen-bond acceptors (Lipinski definition) is 1. The third-order valence-corrected chi connectivity index (χ3v) is 2.88. The molecule has 1 aliphatic heterocycles. The topological polar surface area (TPSA) is 20.3 Å². The summed E-state index contributed by atoms with van der Waals surface area (Å²) in [4.78, 5) is 13.4. The predicted octanol–water partition coefficient (Wildman–Crippen LogP) is 1.90. The van der Waals surface area contributed by atoms with Crippen LogP contribution >= 0.6 is 0 Å². The van der Waals surface area contributed by atoms with Crippen LogP contribution in [0.2, 0.25) is 0 Å². The molecule has 1 heterocycles. The summed E-state index contributed by atoms with van der Waals surface area (Å²) in [6.45, 7) is 8.31. The molecule has 0 radical (unpaired) electrons. The van der Waals surface area contributed by atoms with Crippen LogP contribution in [0.25, 0.3) is 0 Å². The van der Waals surface area contributed by atoms with Crippen molar-refractivity contribution in [3.63, 3.8) is 0 Å². The van der Waals surface area contributed by atoms with Gasteiger partial charge in [-0.25, -0.2) is 0 Å². The summed E-state index contributed by atoms with van der Waals surface area (Å²) in [5.41, 5.74) is 0. The van der Waals surface area contributed by atoms with Crippen LogP contribution in [0, 0.1) is 11.8 Å². The average molecular weight is 169 g/mol. The molecule has 0 spiro atoms. The molecule has 12 heavy (non-hydrogen) atoms. The number of piperidine rings is 1. The van der Waals surface area contributed by atoms with Crippen molar-refractivity contribution in [3.8, 4) is 0 Å². The van der Waals surface area contributed by atoms with Gasteiger partial charge in [0.05, 0.1) is 0 Å². The maximum atomic E-state index is 11.5. The third kappa shape index (κ3) is 1.99. The van der Waals surface area contributed by atoms with Crippen molar-refractivity contribution < 1.29 is 4.79 Å². The Kier molecular flexibility index (Phi) is 3.12. The summed E-state index contributed by atoms with van der Waals surface area (Å²) in [6, 6.07) is 0. The highest BCUT2D eigenvalue weighted by Gasteiger charge is 2.26. The fraction of sp³-hybridized carbons (Fsp3) is 0.900. The molecule has 1 fully saturated rings. The summed E-state index contributed by atoms with van der Waals surface area (Å²) < 4.78 is 0. The highest BCUT2D eigenvalue weighted by Crippen LogP contribution is 2.24. The second kappa shape index (κ2) is 3.92. The minimum Gasteiger partial charge on any atom is -0.343 e. The van der Waals surface area contributed by atoms with Crippen molar-refractivity contribution in [1.29, 1.82) is 0 Å². The predicted molar refractivity (Wildman–Crippen MR) is 49.8 cm³/mol. The van der Waals surface area contributed by atoms with Crippen LogP contribution in [0.15, 0.2) is 0 Å². The van der Waals surface area contributed by atoms with E-state index in [1.807, 2.05) is 11.8 Å². The Bertz CT molecular complexity index is 165. The van der Waals surface area contributed by atoms with Gasteiger partial charge in [0.15, 0.2) is 0 Å². The van der Waals surface area contributed by atoms with Gasteiger partial charge in [-0.1, -0.05) is 13.8 Å². The number of carbonyl (C=O) groups excluding carboxylic acids is 1. The van der Waals surface area contributed by atoms with Crippen LogP contribution in [-0.2, 0) is 4.79 Å². The summed E-state index contributed by atoms with van der Waals surface area (Å²) >= 11 is 0. The van der Waals surface area contributed by atoms with Gasteiger partial charge in [-0.15, -0.1) is 0 Å². The number of carbonyl (C=O) groups is 1. The van der Waals surface area contributed by atoms with Crippen LogP contribution in [0.1, 0.15) is 33.6 Å². The first kappa shape index (κ1) is 9.56. The molecule has 0 aliphatic carbocycles. The lowest BCUT2D eigenvalue weighted by atomic mass is 9.86. The Balaban J connectivity index is 2.46. The molecule has 0 bridgehead atoms. The third-order valence-electron chi connectivity index (χ3n) is 2.88. The zero-order valence-electron chi connectivity index (χ0n) is 8.34. The summed E-state index contributed by atoms with van der Waals surface area (Å²) in [7, 11) is 0. The Labute approximate surface area is 74.9 Å². The van der Waals surface area contributed by atoms with Crippen molar-refractivity contribution in [2.45, 2.75) is 33.6 Å². The molecule has 0 N–H and O–H groups in total. The molecule has 2 heteroatoms. The molecule has 0 aromatic heterocycles. The van der Waals surface area contributed by atoms with E-state index >= 15 is 0 Å². The fourth-order valence-corrected chi connectivity index (χ4v) is 1.81. The lowest BCUT2D eigenvalue weighted by molar-refractivity contribution is -0.135. The molecule has 1 rings (SSSR count). The smallest absolute Gasteiger partial charge is 0.222 e. The summed E-state index contributed by atoms with van der Waals surface area (Å²) in [5, 5.41) is 0. The number of amides is 1. The van der Waals surface area contributed by atoms with Gasteiger partial charge in [0, 0.05) is 19.5 Å². The second-order valence-corrected chi connectivity index (χ2v) is 3.97. The molecule has 0 aromatic carbocycles. The summed E-state index contributed by atoms with van der Waals surface area (Å²) in [5.74, 6) is 1.63. The molecular weight excluding hydrogens is 150 g/mol. The lowest BCUT2D eigenvalue weighted by Gasteiger charge is -2.32. The van der Waals surface area contributed by atoms with Gasteiger partial charge in [0.1, 0.15) is 0 Å². The minimum absolute atomic E-state index is 0.349. The van der Waals surface area contributed by atoms with E-state index in [1.165, 1.54) is 6.42 Å². The standard InChI is InChI=1S/C10H19NO/c1-4-11-6-5-9(8(2)3)7-10(11)12/h8-9H,4-7H2,1-3H3. The molecule has 0 saturated carbocycles. The van der Waals surface area contributed by atoms with E-state index in [9.17, 15) is 4.79 Å². The Morgan fingerprint density at radius 1 is 1.58 bits per heavy atom. The number of nitrogens with zero attached hydrogens (tertiary/aromatic N) is 1. The molecular formula is C10H19NO. The lowest BCUT2D eigenvalue weighted by Crippen LogP contribution is -2.39. The van der Waals surface area contributed by atoms with Gasteiger partial charge in [-0.05, 0) is 25.2 Å². The summed E-state index contributed by atoms with van der Waals surface area (Å²) in [6.07, 6.45) is 1.96. The van der Waals surface area contributed by atoms with E-state index < -0.39 is 0 Å². The fourth-order valence-electron chi connectivity index (χ4n) is 1.81. The van der Waals surface area contributed by atoms with E-state index in [1.54, 1.807) is 0 Å². The second-order valence-electron chi connectivity index (χ2n) is 3.97. The average Bonchev–Trinajstić information content (AvgIpc) is 2.04. The maximum absolute atomic E-state index is 11.5. The minimum atomic E-state index is 0.349. The molecule has 0 aromatic rings. The SMILES string of the molecule is CCN1CCC(C(C)C)CC1=O. The van der Waals surface area contributed by atoms with E-state index in [0.717, 1.165) is 19.5 Å². The van der Waals surface area contributed by atoms with Gasteiger partial charge in [0.25, 0.3) is 0 Å². The van der Waals surface area contributed by atoms with Crippen molar-refractivity contribution in [3.05, 3.63) is 0 Å². The molecule has 1 atom stereocenters. The molecule has 1 aliphatic rings. The van der Waals surface area contributed by atoms with Gasteiger partial charge in [-0.2, -0.15) is 0 Å². The zero-order chi connectivity index (χ0) is 9.14. The van der Waals surface area contributed by atoms with E-state index in [-0.39, 0.29) is 0 Å². The van der Waals surface area contributed by atoms with Crippen LogP contribution in [-0.4, -0.2) is 23.9 Å². The highest BCUT2D eigenvalue weighted by molar-refractivity contribution is 5.77. The van der Waals surface area contributed by atoms with Gasteiger partial charge in [0.2, 0.25) is 5.91 Å². The van der Waals surface area contributed by atoms with Crippen molar-refractivity contribution >= 4 is 5.91 Å². The zero-order valence-corrected chi connectivity index (χ0v) is 8.34. The highest BCUT2D eigenvalue weighted by atomic mass is 16.2. The molecule has 1 saturated heterocycles. The van der Waals surface area contributed by atoms with Crippen LogP contribution < -0.4 is 0 Å². The Hall–Kier alpha value is -0.530. The van der Waals surface area contributed by atoms with Gasteiger partial charge < -0.3 is 4.90 Å². The largest absolute Gasteiger partial charge is 0.343 e. The first-order chi connectivity index (χ1) is 5.65. The van der Waals surface area contributed by atoms with E-state index in [2.05, 4.69) is 13.8 Å². The van der Waals surface area contributed by atoms with Gasteiger partial charge >= 0.3 is 0 Å². The van der Waals surface area contributed by atoms with Crippen molar-refractivity contribution in [2.75, 3.05) is 13.1 Å². The van der Waals surface area contributed by atoms with Crippen molar-refractivity contribution in [2.24, 2.45) is 11.8 Å². The van der Waals surface area contributed by atoms with Crippen molar-refractivity contribution in [1.82, 2.24) is 4.90 Å². The quantitative estimate of drug-likeness (QED) is 0.618. The van der Waals surface area contributed by atoms with Crippen LogP contribution in [0.5, 0.6) is 0 Å². The molecule has 1 unspecified atom stereocenters. The Morgan fingerprint density at radius 3 is 2.67 bits per heavy atom. The normalized spacial score (nSPS) is 25.2. The van der Waals surface area contributed by atoms with Gasteiger partial charge in [-0.3, -0.25) is 4.79 Å². The maximum Gasteiger partial charge on any atom is 0.222 e.